The fourth-order valence-electron chi connectivity index (χ4n) is 3.61. The van der Waals surface area contributed by atoms with Crippen molar-refractivity contribution in [3.63, 3.8) is 0 Å². The van der Waals surface area contributed by atoms with Crippen LogP contribution in [0.2, 0.25) is 0 Å². The number of imidazole rings is 1. The monoisotopic (exact) mass is 447 g/mol. The van der Waals surface area contributed by atoms with Gasteiger partial charge < -0.3 is 20.9 Å². The molecule has 1 aromatic carbocycles. The number of anilines is 1. The Bertz CT molecular complexity index is 1130. The van der Waals surface area contributed by atoms with Crippen LogP contribution in [-0.2, 0) is 13.0 Å². The van der Waals surface area contributed by atoms with Crippen LogP contribution in [0.5, 0.6) is 0 Å². The molecule has 4 rings (SSSR count). The average Bonchev–Trinajstić information content (AvgIpc) is 3.23. The van der Waals surface area contributed by atoms with Crippen molar-refractivity contribution in [1.29, 1.82) is 0 Å². The van der Waals surface area contributed by atoms with E-state index >= 15 is 0 Å². The zero-order valence-corrected chi connectivity index (χ0v) is 19.4. The minimum Gasteiger partial charge on any atom is -0.382 e. The molecule has 3 heterocycles. The molecule has 174 valence electrons. The van der Waals surface area contributed by atoms with E-state index in [-0.39, 0.29) is 6.03 Å². The number of urea groups is 1. The van der Waals surface area contributed by atoms with Gasteiger partial charge in [0.1, 0.15) is 22.4 Å². The maximum Gasteiger partial charge on any atom is 0.314 e. The maximum atomic E-state index is 11.3. The number of carbonyl (C=O) groups excluding carboxylic acids is 1. The van der Waals surface area contributed by atoms with Gasteiger partial charge in [-0.25, -0.2) is 14.8 Å². The number of rotatable bonds is 8. The van der Waals surface area contributed by atoms with Gasteiger partial charge in [0, 0.05) is 32.8 Å². The molecular weight excluding hydrogens is 414 g/mol. The van der Waals surface area contributed by atoms with E-state index in [0.717, 1.165) is 66.5 Å². The quantitative estimate of drug-likeness (QED) is 0.349. The fraction of sp³-hybridized carbons (Fsp3) is 0.360. The number of nitrogens with zero attached hydrogens (tertiary/aromatic N) is 4. The molecule has 2 amide bonds. The predicted octanol–water partition coefficient (Wildman–Crippen LogP) is 4.30. The number of pyridine rings is 2. The molecule has 8 heteroatoms. The molecule has 0 aliphatic rings. The fourth-order valence-corrected chi connectivity index (χ4v) is 3.61. The van der Waals surface area contributed by atoms with Crippen LogP contribution in [0.25, 0.3) is 22.1 Å². The van der Waals surface area contributed by atoms with Gasteiger partial charge in [0.15, 0.2) is 5.82 Å². The summed E-state index contributed by atoms with van der Waals surface area (Å²) in [7, 11) is 1.61. The third-order valence-corrected chi connectivity index (χ3v) is 5.28. The molecule has 0 radical (unpaired) electrons. The Morgan fingerprint density at radius 1 is 1.00 bits per heavy atom. The van der Waals surface area contributed by atoms with Gasteiger partial charge in [-0.1, -0.05) is 49.7 Å². The lowest BCUT2D eigenvalue weighted by Crippen LogP contribution is -2.33. The summed E-state index contributed by atoms with van der Waals surface area (Å²) in [6, 6.07) is 15.6. The molecule has 0 fully saturated rings. The number of nitrogens with one attached hydrogen (secondary N) is 2. The van der Waals surface area contributed by atoms with Crippen LogP contribution in [0.1, 0.15) is 38.4 Å². The first-order valence-corrected chi connectivity index (χ1v) is 11.5. The van der Waals surface area contributed by atoms with E-state index in [1.54, 1.807) is 13.2 Å². The molecule has 3 aromatic heterocycles. The molecule has 4 aromatic rings. The van der Waals surface area contributed by atoms with Crippen molar-refractivity contribution in [1.82, 2.24) is 30.2 Å². The molecule has 0 atom stereocenters. The van der Waals surface area contributed by atoms with Crippen molar-refractivity contribution in [2.45, 2.75) is 45.6 Å². The summed E-state index contributed by atoms with van der Waals surface area (Å²) in [6.07, 6.45) is 6.65. The van der Waals surface area contributed by atoms with Crippen molar-refractivity contribution in [3.05, 3.63) is 60.6 Å². The second kappa shape index (κ2) is 12.4. The van der Waals surface area contributed by atoms with E-state index < -0.39 is 0 Å². The number of fused-ring (bicyclic) bond motifs is 3. The van der Waals surface area contributed by atoms with Gasteiger partial charge in [-0.05, 0) is 31.4 Å². The average molecular weight is 448 g/mol. The normalized spacial score (nSPS) is 10.6. The van der Waals surface area contributed by atoms with Crippen LogP contribution < -0.4 is 16.4 Å². The van der Waals surface area contributed by atoms with Crippen LogP contribution in [0.15, 0.2) is 54.7 Å². The highest BCUT2D eigenvalue weighted by molar-refractivity contribution is 6.04. The van der Waals surface area contributed by atoms with Gasteiger partial charge >= 0.3 is 6.03 Å². The van der Waals surface area contributed by atoms with Gasteiger partial charge in [-0.3, -0.25) is 4.98 Å². The Morgan fingerprint density at radius 2 is 1.73 bits per heavy atom. The Hall–Kier alpha value is -3.68. The number of aromatic nitrogens is 4. The number of benzene rings is 1. The molecule has 8 nitrogen and oxygen atoms in total. The van der Waals surface area contributed by atoms with E-state index in [1.165, 1.54) is 0 Å². The van der Waals surface area contributed by atoms with Gasteiger partial charge in [0.2, 0.25) is 0 Å². The molecule has 0 aliphatic heterocycles. The van der Waals surface area contributed by atoms with Crippen LogP contribution in [0.3, 0.4) is 0 Å². The number of hydrogen-bond donors (Lipinski definition) is 3. The minimum absolute atomic E-state index is 0.152. The first kappa shape index (κ1) is 24.0. The molecule has 0 saturated carbocycles. The summed E-state index contributed by atoms with van der Waals surface area (Å²) in [6.45, 7) is 3.61. The van der Waals surface area contributed by atoms with Crippen molar-refractivity contribution in [3.8, 4) is 0 Å². The summed E-state index contributed by atoms with van der Waals surface area (Å²) in [5, 5.41) is 5.38. The summed E-state index contributed by atoms with van der Waals surface area (Å²) < 4.78 is 2.23. The summed E-state index contributed by atoms with van der Waals surface area (Å²) in [5.74, 6) is 1.47. The first-order valence-electron chi connectivity index (χ1n) is 11.5. The highest BCUT2D eigenvalue weighted by Gasteiger charge is 2.17. The number of nitrogen functional groups attached to an aromatic ring is 1. The van der Waals surface area contributed by atoms with Gasteiger partial charge in [0.25, 0.3) is 0 Å². The minimum atomic E-state index is -0.152. The number of carbonyl (C=O) groups is 1. The number of nitrogens with two attached hydrogens (primary N) is 1. The zero-order chi connectivity index (χ0) is 23.5. The maximum absolute atomic E-state index is 11.3. The molecule has 33 heavy (non-hydrogen) atoms. The van der Waals surface area contributed by atoms with Crippen molar-refractivity contribution in [2.24, 2.45) is 0 Å². The van der Waals surface area contributed by atoms with Crippen molar-refractivity contribution < 1.29 is 4.79 Å². The highest BCUT2D eigenvalue weighted by atomic mass is 16.2. The summed E-state index contributed by atoms with van der Waals surface area (Å²) in [4.78, 5) is 25.1. The number of unbranched alkanes of at least 4 members (excludes halogenated alkanes) is 2. The van der Waals surface area contributed by atoms with E-state index in [0.29, 0.717) is 12.4 Å². The Morgan fingerprint density at radius 3 is 2.39 bits per heavy atom. The molecule has 0 saturated heterocycles. The predicted molar refractivity (Wildman–Crippen MR) is 134 cm³/mol. The van der Waals surface area contributed by atoms with Crippen LogP contribution in [0, 0.1) is 0 Å². The van der Waals surface area contributed by atoms with Gasteiger partial charge in [0.05, 0.1) is 5.52 Å². The molecule has 4 N–H and O–H groups in total. The topological polar surface area (TPSA) is 111 Å². The molecular formula is C25H33N7O. The Balaban J connectivity index is 0.000000442. The van der Waals surface area contributed by atoms with E-state index in [4.69, 9.17) is 10.7 Å². The molecule has 0 unspecified atom stereocenters. The molecule has 0 bridgehead atoms. The SMILES string of the molecule is CCCCc1nc2c(N)nc3cccnc3c2n1CCCCNC(=O)NC.c1ccccc1. The zero-order valence-electron chi connectivity index (χ0n) is 19.4. The van der Waals surface area contributed by atoms with E-state index in [2.05, 4.69) is 32.1 Å². The van der Waals surface area contributed by atoms with E-state index in [1.807, 2.05) is 48.5 Å². The number of amides is 2. The van der Waals surface area contributed by atoms with Crippen molar-refractivity contribution in [2.75, 3.05) is 19.3 Å². The first-order chi connectivity index (χ1) is 16.2. The second-order valence-corrected chi connectivity index (χ2v) is 7.72. The van der Waals surface area contributed by atoms with Gasteiger partial charge in [-0.15, -0.1) is 0 Å². The van der Waals surface area contributed by atoms with Crippen LogP contribution in [0.4, 0.5) is 10.6 Å². The highest BCUT2D eigenvalue weighted by Crippen LogP contribution is 2.28. The smallest absolute Gasteiger partial charge is 0.314 e. The Labute approximate surface area is 194 Å². The number of aryl methyl sites for hydroxylation is 2. The lowest BCUT2D eigenvalue weighted by Gasteiger charge is -2.11. The lowest BCUT2D eigenvalue weighted by atomic mass is 10.2. The van der Waals surface area contributed by atoms with Crippen LogP contribution >= 0.6 is 0 Å². The Kier molecular flexibility index (Phi) is 8.99. The number of hydrogen-bond acceptors (Lipinski definition) is 5. The third-order valence-electron chi connectivity index (χ3n) is 5.28. The third kappa shape index (κ3) is 6.41. The molecule has 0 spiro atoms. The largest absolute Gasteiger partial charge is 0.382 e. The second-order valence-electron chi connectivity index (χ2n) is 7.72. The summed E-state index contributed by atoms with van der Waals surface area (Å²) in [5.41, 5.74) is 9.50. The molecule has 0 aliphatic carbocycles. The standard InChI is InChI=1S/C19H27N7O.C6H6/c1-3-4-9-14-25-16-17(15-13(24-18(16)20)8-7-11-22-15)26(14)12-6-5-10-23-19(27)21-2;1-2-4-6-5-3-1/h7-8,11H,3-6,9-10,12H2,1-2H3,(H2,20,24)(H2,21,23,27);1-6H. The summed E-state index contributed by atoms with van der Waals surface area (Å²) >= 11 is 0. The van der Waals surface area contributed by atoms with Crippen LogP contribution in [-0.4, -0.2) is 39.1 Å². The lowest BCUT2D eigenvalue weighted by molar-refractivity contribution is 0.242. The van der Waals surface area contributed by atoms with Gasteiger partial charge in [-0.2, -0.15) is 0 Å². The van der Waals surface area contributed by atoms with E-state index in [9.17, 15) is 4.79 Å². The van der Waals surface area contributed by atoms with Crippen molar-refractivity contribution >= 4 is 33.9 Å².